The summed E-state index contributed by atoms with van der Waals surface area (Å²) in [4.78, 5) is 38.2. The lowest BCUT2D eigenvalue weighted by Gasteiger charge is -2.29. The fourth-order valence-corrected chi connectivity index (χ4v) is 4.11. The second-order valence-electron chi connectivity index (χ2n) is 7.81. The molecule has 0 atom stereocenters. The molecule has 1 aliphatic heterocycles. The maximum Gasteiger partial charge on any atom is 0.335 e. The first kappa shape index (κ1) is 22.2. The number of hydrogen-bond acceptors (Lipinski definition) is 4. The number of rotatable bonds is 4. The van der Waals surface area contributed by atoms with Crippen molar-refractivity contribution in [2.45, 2.75) is 20.8 Å². The van der Waals surface area contributed by atoms with E-state index in [0.29, 0.717) is 5.69 Å². The van der Waals surface area contributed by atoms with Gasteiger partial charge in [0.15, 0.2) is 5.11 Å². The van der Waals surface area contributed by atoms with Crippen LogP contribution in [0.3, 0.4) is 0 Å². The summed E-state index contributed by atoms with van der Waals surface area (Å²) in [6.07, 6.45) is 1.56. The normalized spacial score (nSPS) is 15.2. The molecule has 0 unspecified atom stereocenters. The standard InChI is InChI=1S/C25H21N3O4S/c1-14-4-8-19(9-5-14)27-15(2)12-18(16(27)3)13-21-22(29)26-25(33)28(23(21)30)20-10-6-17(7-11-20)24(31)32/h4-13H,1-3H3,(H,31,32)(H,26,29,33)/b21-13-. The number of aryl methyl sites for hydroxylation is 2. The number of aromatic nitrogens is 1. The van der Waals surface area contributed by atoms with Crippen LogP contribution in [0.1, 0.15) is 32.9 Å². The quantitative estimate of drug-likeness (QED) is 0.350. The number of anilines is 1. The molecule has 1 aromatic heterocycles. The molecule has 1 aliphatic rings. The van der Waals surface area contributed by atoms with Crippen molar-refractivity contribution in [2.75, 3.05) is 4.90 Å². The van der Waals surface area contributed by atoms with Gasteiger partial charge in [-0.1, -0.05) is 17.7 Å². The van der Waals surface area contributed by atoms with Crippen LogP contribution < -0.4 is 10.2 Å². The van der Waals surface area contributed by atoms with Crippen molar-refractivity contribution in [3.05, 3.63) is 88.2 Å². The monoisotopic (exact) mass is 459 g/mol. The van der Waals surface area contributed by atoms with Gasteiger partial charge in [0, 0.05) is 17.1 Å². The van der Waals surface area contributed by atoms with Gasteiger partial charge < -0.3 is 9.67 Å². The highest BCUT2D eigenvalue weighted by Gasteiger charge is 2.34. The van der Waals surface area contributed by atoms with Crippen molar-refractivity contribution < 1.29 is 19.5 Å². The van der Waals surface area contributed by atoms with E-state index in [-0.39, 0.29) is 16.2 Å². The Morgan fingerprint density at radius 2 is 1.58 bits per heavy atom. The molecule has 166 valence electrons. The zero-order chi connectivity index (χ0) is 23.9. The summed E-state index contributed by atoms with van der Waals surface area (Å²) < 4.78 is 2.06. The number of nitrogens with zero attached hydrogens (tertiary/aromatic N) is 2. The van der Waals surface area contributed by atoms with E-state index in [0.717, 1.165) is 28.2 Å². The third kappa shape index (κ3) is 4.08. The maximum atomic E-state index is 13.3. The summed E-state index contributed by atoms with van der Waals surface area (Å²) in [5.41, 5.74) is 5.11. The van der Waals surface area contributed by atoms with E-state index in [9.17, 15) is 14.4 Å². The highest BCUT2D eigenvalue weighted by atomic mass is 32.1. The van der Waals surface area contributed by atoms with Crippen LogP contribution >= 0.6 is 12.2 Å². The van der Waals surface area contributed by atoms with Crippen molar-refractivity contribution in [3.8, 4) is 5.69 Å². The number of carboxylic acid groups (broad SMARTS) is 1. The maximum absolute atomic E-state index is 13.3. The van der Waals surface area contributed by atoms with Crippen LogP contribution in [0.25, 0.3) is 11.8 Å². The van der Waals surface area contributed by atoms with Gasteiger partial charge in [0.1, 0.15) is 5.57 Å². The van der Waals surface area contributed by atoms with Gasteiger partial charge in [-0.05, 0) is 87.1 Å². The molecule has 2 N–H and O–H groups in total. The van der Waals surface area contributed by atoms with E-state index >= 15 is 0 Å². The van der Waals surface area contributed by atoms with E-state index < -0.39 is 17.8 Å². The zero-order valence-electron chi connectivity index (χ0n) is 18.2. The van der Waals surface area contributed by atoms with E-state index in [1.54, 1.807) is 6.08 Å². The number of carbonyl (C=O) groups is 3. The highest BCUT2D eigenvalue weighted by molar-refractivity contribution is 7.80. The van der Waals surface area contributed by atoms with Crippen molar-refractivity contribution in [2.24, 2.45) is 0 Å². The van der Waals surface area contributed by atoms with Crippen LogP contribution in [0.2, 0.25) is 0 Å². The molecule has 0 spiro atoms. The second kappa shape index (κ2) is 8.48. The minimum absolute atomic E-state index is 0.0599. The lowest BCUT2D eigenvalue weighted by Crippen LogP contribution is -2.54. The summed E-state index contributed by atoms with van der Waals surface area (Å²) in [5.74, 6) is -2.23. The Morgan fingerprint density at radius 3 is 2.18 bits per heavy atom. The lowest BCUT2D eigenvalue weighted by molar-refractivity contribution is -0.122. The molecular formula is C25H21N3O4S. The van der Waals surface area contributed by atoms with Gasteiger partial charge in [-0.15, -0.1) is 0 Å². The van der Waals surface area contributed by atoms with Crippen molar-refractivity contribution in [3.63, 3.8) is 0 Å². The minimum Gasteiger partial charge on any atom is -0.478 e. The first-order valence-corrected chi connectivity index (χ1v) is 10.6. The number of carboxylic acids is 1. The lowest BCUT2D eigenvalue weighted by atomic mass is 10.1. The van der Waals surface area contributed by atoms with Gasteiger partial charge in [-0.3, -0.25) is 19.8 Å². The fourth-order valence-electron chi connectivity index (χ4n) is 3.83. The van der Waals surface area contributed by atoms with Crippen LogP contribution in [0.4, 0.5) is 5.69 Å². The Labute approximate surface area is 196 Å². The average molecular weight is 460 g/mol. The predicted molar refractivity (Wildman–Crippen MR) is 130 cm³/mol. The largest absolute Gasteiger partial charge is 0.478 e. The molecular weight excluding hydrogens is 438 g/mol. The number of carbonyl (C=O) groups excluding carboxylic acids is 2. The van der Waals surface area contributed by atoms with Gasteiger partial charge >= 0.3 is 5.97 Å². The van der Waals surface area contributed by atoms with Crippen LogP contribution in [-0.4, -0.2) is 32.6 Å². The first-order chi connectivity index (χ1) is 15.7. The van der Waals surface area contributed by atoms with Crippen LogP contribution in [-0.2, 0) is 9.59 Å². The highest BCUT2D eigenvalue weighted by Crippen LogP contribution is 2.26. The summed E-state index contributed by atoms with van der Waals surface area (Å²) in [6, 6.07) is 15.7. The minimum atomic E-state index is -1.08. The topological polar surface area (TPSA) is 91.6 Å². The third-order valence-electron chi connectivity index (χ3n) is 5.54. The SMILES string of the molecule is Cc1ccc(-n2c(C)cc(/C=C3/C(=O)NC(=S)N(c4ccc(C(=O)O)cc4)C3=O)c2C)cc1. The zero-order valence-corrected chi connectivity index (χ0v) is 19.1. The van der Waals surface area contributed by atoms with Gasteiger partial charge in [-0.2, -0.15) is 0 Å². The molecule has 4 rings (SSSR count). The second-order valence-corrected chi connectivity index (χ2v) is 8.19. The third-order valence-corrected chi connectivity index (χ3v) is 5.82. The van der Waals surface area contributed by atoms with Crippen LogP contribution in [0.15, 0.2) is 60.2 Å². The summed E-state index contributed by atoms with van der Waals surface area (Å²) in [7, 11) is 0. The molecule has 0 bridgehead atoms. The van der Waals surface area contributed by atoms with Crippen molar-refractivity contribution in [1.82, 2.24) is 9.88 Å². The summed E-state index contributed by atoms with van der Waals surface area (Å²) in [6.45, 7) is 5.91. The molecule has 1 saturated heterocycles. The number of nitrogens with one attached hydrogen (secondary N) is 1. The Kier molecular flexibility index (Phi) is 5.69. The number of aromatic carboxylic acids is 1. The Hall–Kier alpha value is -4.04. The molecule has 0 saturated carbocycles. The molecule has 8 heteroatoms. The molecule has 2 amide bonds. The predicted octanol–water partition coefficient (Wildman–Crippen LogP) is 3.93. The van der Waals surface area contributed by atoms with Crippen molar-refractivity contribution >= 4 is 46.9 Å². The van der Waals surface area contributed by atoms with Crippen LogP contribution in [0, 0.1) is 20.8 Å². The summed E-state index contributed by atoms with van der Waals surface area (Å²) >= 11 is 5.22. The first-order valence-electron chi connectivity index (χ1n) is 10.2. The average Bonchev–Trinajstić information content (AvgIpc) is 3.05. The molecule has 2 aromatic carbocycles. The fraction of sp³-hybridized carbons (Fsp3) is 0.120. The van der Waals surface area contributed by atoms with E-state index in [4.69, 9.17) is 17.3 Å². The van der Waals surface area contributed by atoms with Crippen molar-refractivity contribution in [1.29, 1.82) is 0 Å². The molecule has 7 nitrogen and oxygen atoms in total. The van der Waals surface area contributed by atoms with E-state index in [2.05, 4.69) is 9.88 Å². The molecule has 33 heavy (non-hydrogen) atoms. The number of amides is 2. The molecule has 3 aromatic rings. The molecule has 2 heterocycles. The Balaban J connectivity index is 1.73. The van der Waals surface area contributed by atoms with E-state index in [1.165, 1.54) is 29.2 Å². The van der Waals surface area contributed by atoms with Gasteiger partial charge in [0.25, 0.3) is 11.8 Å². The number of thiocarbonyl (C=S) groups is 1. The Bertz CT molecular complexity index is 1340. The molecule has 1 fully saturated rings. The smallest absolute Gasteiger partial charge is 0.335 e. The molecule has 0 radical (unpaired) electrons. The number of benzene rings is 2. The molecule has 0 aliphatic carbocycles. The summed E-state index contributed by atoms with van der Waals surface area (Å²) in [5, 5.41) is 11.6. The Morgan fingerprint density at radius 1 is 0.970 bits per heavy atom. The van der Waals surface area contributed by atoms with E-state index in [1.807, 2.05) is 51.1 Å². The van der Waals surface area contributed by atoms with Crippen LogP contribution in [0.5, 0.6) is 0 Å². The number of hydrogen-bond donors (Lipinski definition) is 2. The van der Waals surface area contributed by atoms with Gasteiger partial charge in [0.05, 0.1) is 11.3 Å². The van der Waals surface area contributed by atoms with Gasteiger partial charge in [0.2, 0.25) is 0 Å². The van der Waals surface area contributed by atoms with Gasteiger partial charge in [-0.25, -0.2) is 4.79 Å².